The highest BCUT2D eigenvalue weighted by Gasteiger charge is 2.25. The summed E-state index contributed by atoms with van der Waals surface area (Å²) in [5.74, 6) is -0.375. The van der Waals surface area contributed by atoms with Gasteiger partial charge in [-0.3, -0.25) is 14.6 Å². The van der Waals surface area contributed by atoms with E-state index in [4.69, 9.17) is 11.6 Å². The molecule has 3 aromatic rings. The molecule has 0 atom stereocenters. The average molecular weight is 506 g/mol. The number of likely N-dealkylation sites (tertiary alicyclic amines) is 1. The Bertz CT molecular complexity index is 1360. The lowest BCUT2D eigenvalue weighted by molar-refractivity contribution is -0.115. The molecule has 1 aromatic heterocycles. The maximum absolute atomic E-state index is 12.8. The average Bonchev–Trinajstić information content (AvgIpc) is 3.20. The summed E-state index contributed by atoms with van der Waals surface area (Å²) in [7, 11) is 2.09. The maximum atomic E-state index is 12.8. The summed E-state index contributed by atoms with van der Waals surface area (Å²) in [6.07, 6.45) is 5.43. The Balaban J connectivity index is 1.32. The third-order valence-electron chi connectivity index (χ3n) is 6.06. The van der Waals surface area contributed by atoms with Gasteiger partial charge in [-0.15, -0.1) is 0 Å². The van der Waals surface area contributed by atoms with Gasteiger partial charge >= 0.3 is 0 Å². The zero-order valence-electron chi connectivity index (χ0n) is 19.1. The van der Waals surface area contributed by atoms with Gasteiger partial charge in [-0.25, -0.2) is 4.99 Å². The molecule has 2 aromatic carbocycles. The summed E-state index contributed by atoms with van der Waals surface area (Å²) in [5, 5.41) is 7.71. The van der Waals surface area contributed by atoms with E-state index in [2.05, 4.69) is 32.6 Å². The van der Waals surface area contributed by atoms with Crippen molar-refractivity contribution >= 4 is 63.0 Å². The van der Waals surface area contributed by atoms with Crippen LogP contribution in [0.15, 0.2) is 64.6 Å². The van der Waals surface area contributed by atoms with E-state index in [9.17, 15) is 9.59 Å². The number of piperidine rings is 1. The summed E-state index contributed by atoms with van der Waals surface area (Å²) in [4.78, 5) is 37.0. The van der Waals surface area contributed by atoms with Crippen molar-refractivity contribution in [3.8, 4) is 0 Å². The largest absolute Gasteiger partial charge is 0.349 e. The molecule has 2 fully saturated rings. The number of halogens is 1. The van der Waals surface area contributed by atoms with Crippen LogP contribution in [-0.2, 0) is 4.79 Å². The van der Waals surface area contributed by atoms with Crippen LogP contribution in [0.5, 0.6) is 0 Å². The number of fused-ring (bicyclic) bond motifs is 1. The minimum atomic E-state index is -0.229. The highest BCUT2D eigenvalue weighted by Crippen LogP contribution is 2.32. The highest BCUT2D eigenvalue weighted by molar-refractivity contribution is 8.18. The SMILES string of the molecule is CN1CCC(NC(=O)c2ccc(Cl)c(N=C3NC(=O)/C(=C\c4ccc5ncccc5c4)S3)c2)CC1. The molecule has 35 heavy (non-hydrogen) atoms. The fourth-order valence-electron chi connectivity index (χ4n) is 4.09. The molecule has 2 saturated heterocycles. The number of carbonyl (C=O) groups is 2. The lowest BCUT2D eigenvalue weighted by atomic mass is 10.0. The van der Waals surface area contributed by atoms with Crippen LogP contribution in [0.1, 0.15) is 28.8 Å². The first-order chi connectivity index (χ1) is 16.9. The third kappa shape index (κ3) is 5.56. The zero-order chi connectivity index (χ0) is 24.4. The molecule has 2 aliphatic rings. The predicted octanol–water partition coefficient (Wildman–Crippen LogP) is 4.60. The number of nitrogens with zero attached hydrogens (tertiary/aromatic N) is 3. The molecule has 178 valence electrons. The molecule has 0 unspecified atom stereocenters. The van der Waals surface area contributed by atoms with Crippen LogP contribution >= 0.6 is 23.4 Å². The molecule has 0 spiro atoms. The van der Waals surface area contributed by atoms with Crippen molar-refractivity contribution in [3.63, 3.8) is 0 Å². The van der Waals surface area contributed by atoms with Gasteiger partial charge in [0, 0.05) is 23.2 Å². The summed E-state index contributed by atoms with van der Waals surface area (Å²) >= 11 is 7.59. The predicted molar refractivity (Wildman–Crippen MR) is 142 cm³/mol. The number of hydrogen-bond acceptors (Lipinski definition) is 6. The Hall–Kier alpha value is -3.20. The first-order valence-electron chi connectivity index (χ1n) is 11.4. The molecule has 0 radical (unpaired) electrons. The summed E-state index contributed by atoms with van der Waals surface area (Å²) in [6, 6.07) is 14.9. The van der Waals surface area contributed by atoms with Crippen molar-refractivity contribution in [1.82, 2.24) is 20.5 Å². The molecule has 3 heterocycles. The fraction of sp³-hybridized carbons (Fsp3) is 0.231. The summed E-state index contributed by atoms with van der Waals surface area (Å²) < 4.78 is 0. The topological polar surface area (TPSA) is 86.7 Å². The zero-order valence-corrected chi connectivity index (χ0v) is 20.7. The Kier molecular flexibility index (Phi) is 6.86. The van der Waals surface area contributed by atoms with E-state index in [0.717, 1.165) is 42.4 Å². The van der Waals surface area contributed by atoms with E-state index in [-0.39, 0.29) is 17.9 Å². The van der Waals surface area contributed by atoms with Gasteiger partial charge in [0.05, 0.1) is 21.1 Å². The molecule has 0 bridgehead atoms. The van der Waals surface area contributed by atoms with Gasteiger partial charge in [-0.2, -0.15) is 0 Å². The fourth-order valence-corrected chi connectivity index (χ4v) is 5.08. The van der Waals surface area contributed by atoms with Gasteiger partial charge in [0.2, 0.25) is 0 Å². The quantitative estimate of drug-likeness (QED) is 0.506. The van der Waals surface area contributed by atoms with Gasteiger partial charge in [-0.05, 0) is 92.8 Å². The van der Waals surface area contributed by atoms with Gasteiger partial charge in [0.15, 0.2) is 5.17 Å². The molecule has 9 heteroatoms. The van der Waals surface area contributed by atoms with Gasteiger partial charge < -0.3 is 15.5 Å². The number of thioether (sulfide) groups is 1. The van der Waals surface area contributed by atoms with Crippen LogP contribution in [0.3, 0.4) is 0 Å². The molecule has 7 nitrogen and oxygen atoms in total. The number of aromatic nitrogens is 1. The smallest absolute Gasteiger partial charge is 0.264 e. The van der Waals surface area contributed by atoms with Crippen LogP contribution in [0, 0.1) is 0 Å². The van der Waals surface area contributed by atoms with E-state index >= 15 is 0 Å². The Morgan fingerprint density at radius 2 is 2.06 bits per heavy atom. The van der Waals surface area contributed by atoms with Crippen LogP contribution in [0.2, 0.25) is 5.02 Å². The minimum Gasteiger partial charge on any atom is -0.349 e. The monoisotopic (exact) mass is 505 g/mol. The van der Waals surface area contributed by atoms with Gasteiger partial charge in [0.1, 0.15) is 0 Å². The second-order valence-electron chi connectivity index (χ2n) is 8.65. The number of nitrogens with one attached hydrogen (secondary N) is 2. The second-order valence-corrected chi connectivity index (χ2v) is 10.1. The van der Waals surface area contributed by atoms with Gasteiger partial charge in [-0.1, -0.05) is 23.7 Å². The lowest BCUT2D eigenvalue weighted by Crippen LogP contribution is -2.43. The van der Waals surface area contributed by atoms with E-state index in [1.807, 2.05) is 36.4 Å². The Morgan fingerprint density at radius 1 is 1.23 bits per heavy atom. The van der Waals surface area contributed by atoms with E-state index < -0.39 is 0 Å². The number of pyridine rings is 1. The standard InChI is InChI=1S/C26H24ClN5O2S/c1-32-11-8-19(9-12-32)29-24(33)18-5-6-20(27)22(15-18)30-26-31-25(34)23(35-26)14-16-4-7-21-17(13-16)3-2-10-28-21/h2-7,10,13-15,19H,8-9,11-12H2,1H3,(H,29,33)(H,30,31,34)/b23-14+. The number of aliphatic imine (C=N–C) groups is 1. The van der Waals surface area contributed by atoms with Crippen molar-refractivity contribution in [2.45, 2.75) is 18.9 Å². The summed E-state index contributed by atoms with van der Waals surface area (Å²) in [6.45, 7) is 1.93. The van der Waals surface area contributed by atoms with E-state index in [1.54, 1.807) is 24.4 Å². The molecule has 2 aliphatic heterocycles. The number of amidine groups is 1. The Morgan fingerprint density at radius 3 is 2.89 bits per heavy atom. The van der Waals surface area contributed by atoms with Crippen molar-refractivity contribution in [3.05, 3.63) is 75.8 Å². The number of amides is 2. The van der Waals surface area contributed by atoms with Crippen molar-refractivity contribution in [1.29, 1.82) is 0 Å². The molecule has 0 saturated carbocycles. The third-order valence-corrected chi connectivity index (χ3v) is 7.29. The lowest BCUT2D eigenvalue weighted by Gasteiger charge is -2.29. The van der Waals surface area contributed by atoms with E-state index in [0.29, 0.717) is 26.3 Å². The van der Waals surface area contributed by atoms with Crippen LogP contribution in [0.4, 0.5) is 5.69 Å². The summed E-state index contributed by atoms with van der Waals surface area (Å²) in [5.41, 5.74) is 2.72. The second kappa shape index (κ2) is 10.2. The first-order valence-corrected chi connectivity index (χ1v) is 12.6. The first kappa shape index (κ1) is 23.5. The molecule has 2 N–H and O–H groups in total. The molecule has 5 rings (SSSR count). The van der Waals surface area contributed by atoms with E-state index in [1.165, 1.54) is 11.8 Å². The highest BCUT2D eigenvalue weighted by atomic mass is 35.5. The molecular weight excluding hydrogens is 482 g/mol. The van der Waals surface area contributed by atoms with Crippen molar-refractivity contribution in [2.75, 3.05) is 20.1 Å². The Labute approximate surface area is 212 Å². The van der Waals surface area contributed by atoms with Gasteiger partial charge in [0.25, 0.3) is 11.8 Å². The van der Waals surface area contributed by atoms with Crippen molar-refractivity contribution in [2.24, 2.45) is 4.99 Å². The van der Waals surface area contributed by atoms with Crippen LogP contribution in [0.25, 0.3) is 17.0 Å². The number of hydrogen-bond donors (Lipinski definition) is 2. The molecular formula is C26H24ClN5O2S. The van der Waals surface area contributed by atoms with Crippen LogP contribution in [-0.4, -0.2) is 53.0 Å². The minimum absolute atomic E-state index is 0.146. The number of carbonyl (C=O) groups excluding carboxylic acids is 2. The normalized spacial score (nSPS) is 19.4. The number of rotatable bonds is 4. The molecule has 0 aliphatic carbocycles. The van der Waals surface area contributed by atoms with Crippen LogP contribution < -0.4 is 10.6 Å². The maximum Gasteiger partial charge on any atom is 0.264 e. The van der Waals surface area contributed by atoms with Crippen molar-refractivity contribution < 1.29 is 9.59 Å². The number of benzene rings is 2. The molecule has 2 amide bonds.